The summed E-state index contributed by atoms with van der Waals surface area (Å²) in [7, 11) is 0. The number of para-hydroxylation sites is 1. The summed E-state index contributed by atoms with van der Waals surface area (Å²) in [6.07, 6.45) is -0.741. The zero-order valence-electron chi connectivity index (χ0n) is 13.7. The van der Waals surface area contributed by atoms with Gasteiger partial charge in [0, 0.05) is 11.3 Å². The van der Waals surface area contributed by atoms with Crippen molar-refractivity contribution >= 4 is 17.7 Å². The van der Waals surface area contributed by atoms with E-state index < -0.39 is 27.9 Å². The normalized spacial score (nSPS) is 20.3. The van der Waals surface area contributed by atoms with Gasteiger partial charge in [0.25, 0.3) is 0 Å². The number of anilines is 1. The molecule has 0 saturated carbocycles. The van der Waals surface area contributed by atoms with Crippen LogP contribution in [0.2, 0.25) is 0 Å². The van der Waals surface area contributed by atoms with E-state index in [1.54, 1.807) is 52.0 Å². The van der Waals surface area contributed by atoms with Gasteiger partial charge < -0.3 is 4.74 Å². The van der Waals surface area contributed by atoms with Crippen LogP contribution in [0.1, 0.15) is 39.7 Å². The third-order valence-corrected chi connectivity index (χ3v) is 3.78. The highest BCUT2D eigenvalue weighted by Crippen LogP contribution is 2.44. The summed E-state index contributed by atoms with van der Waals surface area (Å²) in [6, 6.07) is 6.82. The molecular weight excluding hydrogens is 300 g/mol. The third-order valence-electron chi connectivity index (χ3n) is 3.78. The standard InChI is InChI=1S/C16H20N2O5/c1-15(2,3)23-14(20)18-12-8-6-5-7-11(12)16(4,13(18)19)9-10-17(21)22/h5-8H,9-10H2,1-4H3. The number of nitro groups is 1. The van der Waals surface area contributed by atoms with Crippen molar-refractivity contribution in [2.45, 2.75) is 45.1 Å². The topological polar surface area (TPSA) is 89.8 Å². The lowest BCUT2D eigenvalue weighted by atomic mass is 9.81. The van der Waals surface area contributed by atoms with Gasteiger partial charge in [0.05, 0.1) is 11.1 Å². The van der Waals surface area contributed by atoms with Crippen LogP contribution >= 0.6 is 0 Å². The van der Waals surface area contributed by atoms with Crippen molar-refractivity contribution in [1.82, 2.24) is 0 Å². The number of carbonyl (C=O) groups is 2. The maximum atomic E-state index is 12.8. The van der Waals surface area contributed by atoms with E-state index in [2.05, 4.69) is 0 Å². The minimum absolute atomic E-state index is 0.0230. The second-order valence-electron chi connectivity index (χ2n) is 6.78. The maximum absolute atomic E-state index is 12.8. The molecule has 124 valence electrons. The molecule has 1 heterocycles. The zero-order valence-corrected chi connectivity index (χ0v) is 13.7. The van der Waals surface area contributed by atoms with E-state index in [0.717, 1.165) is 4.90 Å². The number of hydrogen-bond acceptors (Lipinski definition) is 5. The Labute approximate surface area is 134 Å². The fourth-order valence-electron chi connectivity index (χ4n) is 2.65. The van der Waals surface area contributed by atoms with Crippen molar-refractivity contribution in [3.05, 3.63) is 39.9 Å². The molecule has 7 nitrogen and oxygen atoms in total. The SMILES string of the molecule is CC(C)(C)OC(=O)N1C(=O)C(C)(CC[N+](=O)[O-])c2ccccc21. The Morgan fingerprint density at radius 2 is 1.96 bits per heavy atom. The molecule has 0 spiro atoms. The van der Waals surface area contributed by atoms with E-state index in [1.807, 2.05) is 0 Å². The molecule has 7 heteroatoms. The highest BCUT2D eigenvalue weighted by atomic mass is 16.6. The van der Waals surface area contributed by atoms with Gasteiger partial charge in [0.2, 0.25) is 12.5 Å². The van der Waals surface area contributed by atoms with Crippen LogP contribution in [0.15, 0.2) is 24.3 Å². The maximum Gasteiger partial charge on any atom is 0.421 e. The monoisotopic (exact) mass is 320 g/mol. The molecule has 0 bridgehead atoms. The quantitative estimate of drug-likeness (QED) is 0.631. The third kappa shape index (κ3) is 3.18. The van der Waals surface area contributed by atoms with E-state index in [9.17, 15) is 19.7 Å². The van der Waals surface area contributed by atoms with Crippen molar-refractivity contribution in [3.8, 4) is 0 Å². The zero-order chi connectivity index (χ0) is 17.4. The molecule has 1 aromatic carbocycles. The smallest absolute Gasteiger partial charge is 0.421 e. The number of hydrogen-bond donors (Lipinski definition) is 0. The number of rotatable bonds is 3. The second-order valence-corrected chi connectivity index (χ2v) is 6.78. The fourth-order valence-corrected chi connectivity index (χ4v) is 2.65. The molecule has 1 aromatic rings. The highest BCUT2D eigenvalue weighted by molar-refractivity contribution is 6.21. The van der Waals surface area contributed by atoms with E-state index in [4.69, 9.17) is 4.74 Å². The lowest BCUT2D eigenvalue weighted by Crippen LogP contribution is -2.44. The number of imide groups is 1. The number of nitrogens with zero attached hydrogens (tertiary/aromatic N) is 2. The minimum atomic E-state index is -1.11. The van der Waals surface area contributed by atoms with Gasteiger partial charge in [0.1, 0.15) is 5.60 Å². The summed E-state index contributed by atoms with van der Waals surface area (Å²) in [6.45, 7) is 6.41. The molecule has 0 N–H and O–H groups in total. The summed E-state index contributed by atoms with van der Waals surface area (Å²) < 4.78 is 5.30. The van der Waals surface area contributed by atoms with Crippen LogP contribution in [0.4, 0.5) is 10.5 Å². The van der Waals surface area contributed by atoms with Crippen LogP contribution in [0, 0.1) is 10.1 Å². The average Bonchev–Trinajstić information content (AvgIpc) is 2.65. The van der Waals surface area contributed by atoms with Crippen molar-refractivity contribution < 1.29 is 19.2 Å². The summed E-state index contributed by atoms with van der Waals surface area (Å²) in [4.78, 5) is 36.5. The Kier molecular flexibility index (Phi) is 4.15. The molecule has 0 saturated heterocycles. The van der Waals surface area contributed by atoms with Crippen LogP contribution < -0.4 is 4.90 Å². The van der Waals surface area contributed by atoms with Gasteiger partial charge in [-0.1, -0.05) is 18.2 Å². The van der Waals surface area contributed by atoms with Crippen LogP contribution in [-0.4, -0.2) is 29.1 Å². The number of fused-ring (bicyclic) bond motifs is 1. The van der Waals surface area contributed by atoms with E-state index in [0.29, 0.717) is 11.3 Å². The number of amides is 2. The molecule has 23 heavy (non-hydrogen) atoms. The summed E-state index contributed by atoms with van der Waals surface area (Å²) >= 11 is 0. The van der Waals surface area contributed by atoms with Crippen LogP contribution in [0.5, 0.6) is 0 Å². The lowest BCUT2D eigenvalue weighted by Gasteiger charge is -2.25. The van der Waals surface area contributed by atoms with Crippen molar-refractivity contribution in [1.29, 1.82) is 0 Å². The van der Waals surface area contributed by atoms with Crippen LogP contribution in [0.3, 0.4) is 0 Å². The molecule has 0 fully saturated rings. The molecule has 1 atom stereocenters. The lowest BCUT2D eigenvalue weighted by molar-refractivity contribution is -0.481. The van der Waals surface area contributed by atoms with Crippen LogP contribution in [-0.2, 0) is 14.9 Å². The molecule has 1 aliphatic heterocycles. The number of carbonyl (C=O) groups excluding carboxylic acids is 2. The molecule has 0 aliphatic carbocycles. The van der Waals surface area contributed by atoms with Gasteiger partial charge in [0.15, 0.2) is 0 Å². The molecule has 0 radical (unpaired) electrons. The summed E-state index contributed by atoms with van der Waals surface area (Å²) in [5.41, 5.74) is -0.817. The molecule has 2 rings (SSSR count). The predicted octanol–water partition coefficient (Wildman–Crippen LogP) is 2.89. The first-order chi connectivity index (χ1) is 10.6. The summed E-state index contributed by atoms with van der Waals surface area (Å²) in [5.74, 6) is -0.491. The first kappa shape index (κ1) is 16.9. The Balaban J connectivity index is 2.42. The molecule has 0 aromatic heterocycles. The predicted molar refractivity (Wildman–Crippen MR) is 84.0 cm³/mol. The Morgan fingerprint density at radius 1 is 1.35 bits per heavy atom. The number of benzene rings is 1. The Hall–Kier alpha value is -2.44. The fraction of sp³-hybridized carbons (Fsp3) is 0.500. The van der Waals surface area contributed by atoms with Gasteiger partial charge in [-0.25, -0.2) is 9.69 Å². The van der Waals surface area contributed by atoms with Crippen molar-refractivity contribution in [2.24, 2.45) is 0 Å². The second kappa shape index (κ2) is 5.64. The van der Waals surface area contributed by atoms with Gasteiger partial charge >= 0.3 is 6.09 Å². The first-order valence-corrected chi connectivity index (χ1v) is 7.35. The van der Waals surface area contributed by atoms with Gasteiger partial charge in [-0.05, 0) is 39.3 Å². The van der Waals surface area contributed by atoms with Gasteiger partial charge in [-0.3, -0.25) is 14.9 Å². The van der Waals surface area contributed by atoms with Crippen LogP contribution in [0.25, 0.3) is 0 Å². The van der Waals surface area contributed by atoms with Gasteiger partial charge in [-0.2, -0.15) is 0 Å². The average molecular weight is 320 g/mol. The van der Waals surface area contributed by atoms with Crippen molar-refractivity contribution in [3.63, 3.8) is 0 Å². The molecule has 1 unspecified atom stereocenters. The Bertz CT molecular complexity index is 665. The van der Waals surface area contributed by atoms with E-state index in [-0.39, 0.29) is 13.0 Å². The van der Waals surface area contributed by atoms with Gasteiger partial charge in [-0.15, -0.1) is 0 Å². The largest absolute Gasteiger partial charge is 0.443 e. The number of ether oxygens (including phenoxy) is 1. The molecule has 1 aliphatic rings. The Morgan fingerprint density at radius 3 is 2.52 bits per heavy atom. The first-order valence-electron chi connectivity index (χ1n) is 7.35. The minimum Gasteiger partial charge on any atom is -0.443 e. The van der Waals surface area contributed by atoms with E-state index in [1.165, 1.54) is 0 Å². The van der Waals surface area contributed by atoms with E-state index >= 15 is 0 Å². The van der Waals surface area contributed by atoms with Crippen molar-refractivity contribution in [2.75, 3.05) is 11.4 Å². The molecular formula is C16H20N2O5. The molecule has 2 amide bonds. The summed E-state index contributed by atoms with van der Waals surface area (Å²) in [5, 5.41) is 10.7. The highest BCUT2D eigenvalue weighted by Gasteiger charge is 2.51.